The van der Waals surface area contributed by atoms with Crippen molar-refractivity contribution in [3.8, 4) is 11.4 Å². The Kier molecular flexibility index (Phi) is 4.66. The highest BCUT2D eigenvalue weighted by Crippen LogP contribution is 2.36. The van der Waals surface area contributed by atoms with Crippen molar-refractivity contribution in [1.82, 2.24) is 15.3 Å². The first-order valence-electron chi connectivity index (χ1n) is 9.17. The van der Waals surface area contributed by atoms with E-state index < -0.39 is 0 Å². The van der Waals surface area contributed by atoms with Crippen LogP contribution in [0.1, 0.15) is 24.1 Å². The Morgan fingerprint density at radius 3 is 2.24 bits per heavy atom. The lowest BCUT2D eigenvalue weighted by Gasteiger charge is -2.37. The zero-order valence-corrected chi connectivity index (χ0v) is 14.5. The molecular formula is C22H25N3. The molecular weight excluding hydrogens is 306 g/mol. The second kappa shape index (κ2) is 7.24. The molecule has 4 rings (SSSR count). The van der Waals surface area contributed by atoms with Crippen LogP contribution in [-0.2, 0) is 12.8 Å². The van der Waals surface area contributed by atoms with Gasteiger partial charge in [0.1, 0.15) is 5.82 Å². The maximum absolute atomic E-state index is 4.62. The van der Waals surface area contributed by atoms with Gasteiger partial charge >= 0.3 is 0 Å². The van der Waals surface area contributed by atoms with Gasteiger partial charge in [-0.3, -0.25) is 0 Å². The van der Waals surface area contributed by atoms with Crippen molar-refractivity contribution >= 4 is 0 Å². The Labute approximate surface area is 149 Å². The van der Waals surface area contributed by atoms with Crippen LogP contribution in [0, 0.1) is 5.41 Å². The Bertz CT molecular complexity index is 786. The molecule has 3 nitrogen and oxygen atoms in total. The Hall–Kier alpha value is -2.39. The van der Waals surface area contributed by atoms with Crippen LogP contribution in [0.4, 0.5) is 0 Å². The highest BCUT2D eigenvalue weighted by atomic mass is 14.9. The summed E-state index contributed by atoms with van der Waals surface area (Å²) in [5, 5.41) is 3.52. The van der Waals surface area contributed by atoms with Crippen LogP contribution in [0.15, 0.2) is 66.9 Å². The summed E-state index contributed by atoms with van der Waals surface area (Å²) in [6.45, 7) is 2.21. The number of H-pyrrole nitrogens is 1. The molecule has 2 aromatic carbocycles. The topological polar surface area (TPSA) is 40.7 Å². The molecule has 0 saturated carbocycles. The number of benzene rings is 2. The molecule has 128 valence electrons. The number of aromatic nitrogens is 2. The molecule has 0 amide bonds. The van der Waals surface area contributed by atoms with Gasteiger partial charge in [0.15, 0.2) is 0 Å². The fourth-order valence-corrected chi connectivity index (χ4v) is 4.00. The van der Waals surface area contributed by atoms with E-state index in [1.165, 1.54) is 24.1 Å². The molecule has 1 fully saturated rings. The molecule has 3 heteroatoms. The van der Waals surface area contributed by atoms with Gasteiger partial charge in [0.05, 0.1) is 0 Å². The second-order valence-electron chi connectivity index (χ2n) is 7.21. The molecule has 2 N–H and O–H groups in total. The minimum atomic E-state index is 0.313. The van der Waals surface area contributed by atoms with E-state index in [9.17, 15) is 0 Å². The number of rotatable bonds is 5. The van der Waals surface area contributed by atoms with Crippen molar-refractivity contribution in [1.29, 1.82) is 0 Å². The van der Waals surface area contributed by atoms with Gasteiger partial charge in [-0.1, -0.05) is 60.7 Å². The standard InChI is InChI=1S/C22H25N3/c1-3-7-18(8-4-1)15-22(11-13-23-14-12-22)16-20-17-24-21(25-20)19-9-5-2-6-10-19/h1-10,17,23H,11-16H2,(H,24,25). The van der Waals surface area contributed by atoms with E-state index in [0.29, 0.717) is 5.41 Å². The van der Waals surface area contributed by atoms with Crippen LogP contribution in [0.2, 0.25) is 0 Å². The molecule has 0 aliphatic carbocycles. The highest BCUT2D eigenvalue weighted by Gasteiger charge is 2.33. The van der Waals surface area contributed by atoms with Crippen LogP contribution in [0.5, 0.6) is 0 Å². The maximum Gasteiger partial charge on any atom is 0.137 e. The van der Waals surface area contributed by atoms with E-state index >= 15 is 0 Å². The lowest BCUT2D eigenvalue weighted by atomic mass is 9.71. The summed E-state index contributed by atoms with van der Waals surface area (Å²) >= 11 is 0. The molecule has 1 aliphatic rings. The molecule has 0 bridgehead atoms. The second-order valence-corrected chi connectivity index (χ2v) is 7.21. The van der Waals surface area contributed by atoms with Gasteiger partial charge in [-0.15, -0.1) is 0 Å². The number of hydrogen-bond donors (Lipinski definition) is 2. The van der Waals surface area contributed by atoms with Crippen LogP contribution >= 0.6 is 0 Å². The lowest BCUT2D eigenvalue weighted by molar-refractivity contribution is 0.197. The summed E-state index contributed by atoms with van der Waals surface area (Å²) in [6.07, 6.45) is 6.64. The van der Waals surface area contributed by atoms with Crippen LogP contribution in [0.3, 0.4) is 0 Å². The third-order valence-corrected chi connectivity index (χ3v) is 5.33. The number of imidazole rings is 1. The van der Waals surface area contributed by atoms with Gasteiger partial charge in [-0.2, -0.15) is 0 Å². The molecule has 0 unspecified atom stereocenters. The lowest BCUT2D eigenvalue weighted by Crippen LogP contribution is -2.39. The molecule has 0 spiro atoms. The molecule has 2 heterocycles. The van der Waals surface area contributed by atoms with Crippen molar-refractivity contribution in [2.75, 3.05) is 13.1 Å². The number of hydrogen-bond acceptors (Lipinski definition) is 2. The van der Waals surface area contributed by atoms with Crippen molar-refractivity contribution < 1.29 is 0 Å². The number of aromatic amines is 1. The molecule has 25 heavy (non-hydrogen) atoms. The third kappa shape index (κ3) is 3.83. The quantitative estimate of drug-likeness (QED) is 0.734. The average molecular weight is 331 g/mol. The predicted molar refractivity (Wildman–Crippen MR) is 102 cm³/mol. The van der Waals surface area contributed by atoms with E-state index in [1.807, 2.05) is 12.3 Å². The first-order chi connectivity index (χ1) is 12.3. The Balaban J connectivity index is 1.56. The molecule has 3 aromatic rings. The van der Waals surface area contributed by atoms with Crippen LogP contribution in [0.25, 0.3) is 11.4 Å². The third-order valence-electron chi connectivity index (χ3n) is 5.33. The minimum absolute atomic E-state index is 0.313. The fourth-order valence-electron chi connectivity index (χ4n) is 4.00. The number of nitrogens with one attached hydrogen (secondary N) is 2. The van der Waals surface area contributed by atoms with Crippen molar-refractivity contribution in [2.45, 2.75) is 25.7 Å². The first kappa shape index (κ1) is 16.1. The molecule has 0 radical (unpaired) electrons. The molecule has 0 atom stereocenters. The predicted octanol–water partition coefficient (Wildman–Crippen LogP) is 4.23. The fraction of sp³-hybridized carbons (Fsp3) is 0.318. The minimum Gasteiger partial charge on any atom is -0.342 e. The molecule has 1 aliphatic heterocycles. The first-order valence-corrected chi connectivity index (χ1v) is 9.17. The summed E-state index contributed by atoms with van der Waals surface area (Å²) in [5.41, 5.74) is 4.15. The molecule has 1 aromatic heterocycles. The SMILES string of the molecule is c1ccc(CC2(Cc3cnc(-c4ccccc4)[nH]3)CCNCC2)cc1. The monoisotopic (exact) mass is 331 g/mol. The van der Waals surface area contributed by atoms with Crippen molar-refractivity contribution in [3.05, 3.63) is 78.1 Å². The van der Waals surface area contributed by atoms with E-state index in [2.05, 4.69) is 69.9 Å². The Morgan fingerprint density at radius 1 is 0.840 bits per heavy atom. The number of piperidine rings is 1. The summed E-state index contributed by atoms with van der Waals surface area (Å²) in [6, 6.07) is 21.3. The summed E-state index contributed by atoms with van der Waals surface area (Å²) in [5.74, 6) is 0.972. The van der Waals surface area contributed by atoms with E-state index in [4.69, 9.17) is 0 Å². The van der Waals surface area contributed by atoms with E-state index in [-0.39, 0.29) is 0 Å². The van der Waals surface area contributed by atoms with E-state index in [1.54, 1.807) is 0 Å². The van der Waals surface area contributed by atoms with Gasteiger partial charge < -0.3 is 10.3 Å². The zero-order valence-electron chi connectivity index (χ0n) is 14.5. The molecule has 1 saturated heterocycles. The van der Waals surface area contributed by atoms with Crippen molar-refractivity contribution in [3.63, 3.8) is 0 Å². The van der Waals surface area contributed by atoms with Gasteiger partial charge in [0.2, 0.25) is 0 Å². The van der Waals surface area contributed by atoms with Crippen LogP contribution in [-0.4, -0.2) is 23.1 Å². The van der Waals surface area contributed by atoms with Crippen LogP contribution < -0.4 is 5.32 Å². The highest BCUT2D eigenvalue weighted by molar-refractivity contribution is 5.54. The Morgan fingerprint density at radius 2 is 1.52 bits per heavy atom. The van der Waals surface area contributed by atoms with Gasteiger partial charge in [-0.25, -0.2) is 4.98 Å². The maximum atomic E-state index is 4.62. The van der Waals surface area contributed by atoms with Gasteiger partial charge in [0, 0.05) is 17.5 Å². The zero-order chi connectivity index (χ0) is 17.0. The summed E-state index contributed by atoms with van der Waals surface area (Å²) < 4.78 is 0. The van der Waals surface area contributed by atoms with Gasteiger partial charge in [-0.05, 0) is 49.8 Å². The summed E-state index contributed by atoms with van der Waals surface area (Å²) in [4.78, 5) is 8.17. The largest absolute Gasteiger partial charge is 0.342 e. The van der Waals surface area contributed by atoms with Crippen molar-refractivity contribution in [2.24, 2.45) is 5.41 Å². The number of nitrogens with zero attached hydrogens (tertiary/aromatic N) is 1. The smallest absolute Gasteiger partial charge is 0.137 e. The normalized spacial score (nSPS) is 16.6. The summed E-state index contributed by atoms with van der Waals surface area (Å²) in [7, 11) is 0. The average Bonchev–Trinajstić information content (AvgIpc) is 3.12. The van der Waals surface area contributed by atoms with E-state index in [0.717, 1.165) is 37.3 Å². The van der Waals surface area contributed by atoms with Gasteiger partial charge in [0.25, 0.3) is 0 Å².